The third-order valence-corrected chi connectivity index (χ3v) is 10.1. The van der Waals surface area contributed by atoms with Crippen molar-refractivity contribution in [1.82, 2.24) is 24.6 Å². The van der Waals surface area contributed by atoms with E-state index in [9.17, 15) is 4.79 Å². The number of rotatable bonds is 9. The molecule has 1 aliphatic rings. The molecule has 6 rings (SSSR count). The Labute approximate surface area is 295 Å². The standard InChI is InChI=1S/C38H47N8O3P/c1-9-25-22-39-36(43-35(25)41-30-15-14-26-12-10-11-13-28(26)34(30)50(7)8)42-31-20-29(27-23-40-44(5)24-27)32(21-33(31)48-6)45-16-18-46(19-17-45)37(47)49-38(2,3)4/h10-15,20-24H,9,16-19H2,1-8H3,(H2,39,41,42,43). The van der Waals surface area contributed by atoms with Crippen molar-refractivity contribution >= 4 is 58.9 Å². The number of nitrogens with one attached hydrogen (secondary N) is 2. The molecule has 2 N–H and O–H groups in total. The van der Waals surface area contributed by atoms with E-state index in [4.69, 9.17) is 19.4 Å². The number of anilines is 5. The van der Waals surface area contributed by atoms with E-state index in [0.717, 1.165) is 46.0 Å². The molecule has 3 aromatic carbocycles. The molecule has 5 aromatic rings. The first-order valence-electron chi connectivity index (χ1n) is 17.0. The molecule has 0 unspecified atom stereocenters. The summed E-state index contributed by atoms with van der Waals surface area (Å²) in [5.41, 5.74) is 5.22. The monoisotopic (exact) mass is 694 g/mol. The Kier molecular flexibility index (Phi) is 10.2. The lowest BCUT2D eigenvalue weighted by Gasteiger charge is -2.37. The fourth-order valence-electron chi connectivity index (χ4n) is 6.26. The van der Waals surface area contributed by atoms with Crippen LogP contribution in [0.1, 0.15) is 33.3 Å². The summed E-state index contributed by atoms with van der Waals surface area (Å²) in [6.07, 6.45) is 6.23. The van der Waals surface area contributed by atoms with E-state index in [1.165, 1.54) is 16.1 Å². The van der Waals surface area contributed by atoms with Crippen molar-refractivity contribution in [3.8, 4) is 16.9 Å². The van der Waals surface area contributed by atoms with Gasteiger partial charge in [-0.3, -0.25) is 4.68 Å². The Hall–Kier alpha value is -4.89. The highest BCUT2D eigenvalue weighted by molar-refractivity contribution is 7.65. The van der Waals surface area contributed by atoms with Gasteiger partial charge >= 0.3 is 6.09 Å². The van der Waals surface area contributed by atoms with Gasteiger partial charge in [-0.15, -0.1) is 0 Å². The molecule has 3 heterocycles. The van der Waals surface area contributed by atoms with Gasteiger partial charge in [0.15, 0.2) is 0 Å². The molecule has 0 atom stereocenters. The van der Waals surface area contributed by atoms with Gasteiger partial charge < -0.3 is 29.9 Å². The van der Waals surface area contributed by atoms with Crippen LogP contribution in [-0.4, -0.2) is 83.0 Å². The van der Waals surface area contributed by atoms with Crippen LogP contribution in [0.4, 0.5) is 33.6 Å². The van der Waals surface area contributed by atoms with Crippen molar-refractivity contribution in [2.75, 3.05) is 62.2 Å². The Morgan fingerprint density at radius 1 is 0.980 bits per heavy atom. The van der Waals surface area contributed by atoms with Crippen molar-refractivity contribution in [3.05, 3.63) is 72.7 Å². The highest BCUT2D eigenvalue weighted by Gasteiger charge is 2.28. The zero-order chi connectivity index (χ0) is 35.6. The van der Waals surface area contributed by atoms with Crippen LogP contribution in [0.3, 0.4) is 0 Å². The molecule has 0 spiro atoms. The van der Waals surface area contributed by atoms with Crippen molar-refractivity contribution in [2.24, 2.45) is 7.05 Å². The molecule has 1 aliphatic heterocycles. The van der Waals surface area contributed by atoms with Gasteiger partial charge in [0, 0.05) is 85.1 Å². The van der Waals surface area contributed by atoms with Crippen LogP contribution in [0.5, 0.6) is 5.75 Å². The first-order valence-corrected chi connectivity index (χ1v) is 19.2. The number of aryl methyl sites for hydroxylation is 2. The van der Waals surface area contributed by atoms with Crippen molar-refractivity contribution in [1.29, 1.82) is 0 Å². The molecule has 0 bridgehead atoms. The zero-order valence-electron chi connectivity index (χ0n) is 30.2. The Bertz CT molecular complexity index is 2000. The first-order chi connectivity index (χ1) is 23.9. The Balaban J connectivity index is 1.32. The van der Waals surface area contributed by atoms with E-state index < -0.39 is 13.5 Å². The summed E-state index contributed by atoms with van der Waals surface area (Å²) in [4.78, 5) is 26.5. The number of carbonyl (C=O) groups excluding carboxylic acids is 1. The maximum atomic E-state index is 12.8. The number of amides is 1. The van der Waals surface area contributed by atoms with Gasteiger partial charge in [0.25, 0.3) is 0 Å². The minimum atomic E-state index is -0.538. The lowest BCUT2D eigenvalue weighted by Crippen LogP contribution is -2.50. The molecule has 50 heavy (non-hydrogen) atoms. The quantitative estimate of drug-likeness (QED) is 0.152. The first kappa shape index (κ1) is 35.0. The number of ether oxygens (including phenoxy) is 2. The molecule has 11 nitrogen and oxygen atoms in total. The van der Waals surface area contributed by atoms with E-state index in [0.29, 0.717) is 37.9 Å². The number of carbonyl (C=O) groups is 1. The fourth-order valence-corrected chi connectivity index (χ4v) is 7.56. The molecule has 0 aliphatic carbocycles. The molecular formula is C38H47N8O3P. The molecule has 1 fully saturated rings. The number of fused-ring (bicyclic) bond motifs is 1. The normalized spacial score (nSPS) is 13.5. The summed E-state index contributed by atoms with van der Waals surface area (Å²) in [6.45, 7) is 14.7. The van der Waals surface area contributed by atoms with Crippen LogP contribution in [0.15, 0.2) is 67.1 Å². The summed E-state index contributed by atoms with van der Waals surface area (Å²) < 4.78 is 13.4. The van der Waals surface area contributed by atoms with E-state index in [-0.39, 0.29) is 6.09 Å². The molecule has 1 amide bonds. The predicted octanol–water partition coefficient (Wildman–Crippen LogP) is 7.51. The van der Waals surface area contributed by atoms with Crippen molar-refractivity contribution in [2.45, 2.75) is 39.7 Å². The highest BCUT2D eigenvalue weighted by atomic mass is 31.1. The number of benzene rings is 3. The third-order valence-electron chi connectivity index (χ3n) is 8.70. The van der Waals surface area contributed by atoms with Crippen LogP contribution >= 0.6 is 7.92 Å². The van der Waals surface area contributed by atoms with Crippen LogP contribution in [0.2, 0.25) is 0 Å². The van der Waals surface area contributed by atoms with Gasteiger partial charge in [0.05, 0.1) is 19.0 Å². The van der Waals surface area contributed by atoms with Crippen LogP contribution < -0.4 is 25.6 Å². The van der Waals surface area contributed by atoms with Gasteiger partial charge in [0.1, 0.15) is 17.2 Å². The summed E-state index contributed by atoms with van der Waals surface area (Å²) in [6, 6.07) is 17.0. The van der Waals surface area contributed by atoms with E-state index in [1.54, 1.807) is 16.7 Å². The molecule has 1 saturated heterocycles. The van der Waals surface area contributed by atoms with Gasteiger partial charge in [-0.2, -0.15) is 10.1 Å². The number of aromatic nitrogens is 4. The van der Waals surface area contributed by atoms with Crippen LogP contribution in [0.25, 0.3) is 21.9 Å². The van der Waals surface area contributed by atoms with Crippen LogP contribution in [-0.2, 0) is 18.2 Å². The van der Waals surface area contributed by atoms with Gasteiger partial charge in [-0.1, -0.05) is 45.2 Å². The second-order valence-corrected chi connectivity index (χ2v) is 15.9. The minimum absolute atomic E-state index is 0.285. The number of hydrogen-bond acceptors (Lipinski definition) is 9. The molecule has 12 heteroatoms. The topological polar surface area (TPSA) is 110 Å². The maximum Gasteiger partial charge on any atom is 0.410 e. The lowest BCUT2D eigenvalue weighted by atomic mass is 10.0. The minimum Gasteiger partial charge on any atom is -0.494 e. The zero-order valence-corrected chi connectivity index (χ0v) is 31.1. The Morgan fingerprint density at radius 3 is 2.40 bits per heavy atom. The largest absolute Gasteiger partial charge is 0.494 e. The van der Waals surface area contributed by atoms with E-state index >= 15 is 0 Å². The Morgan fingerprint density at radius 2 is 1.74 bits per heavy atom. The van der Waals surface area contributed by atoms with Crippen LogP contribution in [0, 0.1) is 0 Å². The number of nitrogens with zero attached hydrogens (tertiary/aromatic N) is 6. The predicted molar refractivity (Wildman–Crippen MR) is 206 cm³/mol. The molecule has 262 valence electrons. The van der Waals surface area contributed by atoms with Gasteiger partial charge in [-0.05, 0) is 63.4 Å². The average molecular weight is 695 g/mol. The second-order valence-electron chi connectivity index (χ2n) is 13.7. The molecular weight excluding hydrogens is 647 g/mol. The summed E-state index contributed by atoms with van der Waals surface area (Å²) >= 11 is 0. The summed E-state index contributed by atoms with van der Waals surface area (Å²) in [5, 5.41) is 15.4. The fraction of sp³-hybridized carbons (Fsp3) is 0.368. The molecule has 2 aromatic heterocycles. The SMILES string of the molecule is CCc1cnc(Nc2cc(-c3cnn(C)c3)c(N3CCN(C(=O)OC(C)(C)C)CC3)cc2OC)nc1Nc1ccc2ccccc2c1P(C)C. The average Bonchev–Trinajstić information content (AvgIpc) is 3.53. The maximum absolute atomic E-state index is 12.8. The second kappa shape index (κ2) is 14.5. The number of hydrogen-bond donors (Lipinski definition) is 2. The van der Waals surface area contributed by atoms with E-state index in [2.05, 4.69) is 83.4 Å². The van der Waals surface area contributed by atoms with E-state index in [1.807, 2.05) is 52.5 Å². The van der Waals surface area contributed by atoms with Crippen molar-refractivity contribution < 1.29 is 14.3 Å². The smallest absolute Gasteiger partial charge is 0.410 e. The number of piperazine rings is 1. The molecule has 0 radical (unpaired) electrons. The summed E-state index contributed by atoms with van der Waals surface area (Å²) in [7, 11) is 3.17. The number of methoxy groups -OCH3 is 1. The van der Waals surface area contributed by atoms with Crippen molar-refractivity contribution in [3.63, 3.8) is 0 Å². The highest BCUT2D eigenvalue weighted by Crippen LogP contribution is 2.41. The van der Waals surface area contributed by atoms with Gasteiger partial charge in [-0.25, -0.2) is 9.78 Å². The van der Waals surface area contributed by atoms with Gasteiger partial charge in [0.2, 0.25) is 5.95 Å². The lowest BCUT2D eigenvalue weighted by molar-refractivity contribution is 0.0240. The third kappa shape index (κ3) is 7.63. The molecule has 0 saturated carbocycles. The summed E-state index contributed by atoms with van der Waals surface area (Å²) in [5.74, 6) is 1.88.